The smallest absolute Gasteiger partial charge is 0.335 e. The molecule has 0 saturated heterocycles. The highest BCUT2D eigenvalue weighted by Gasteiger charge is 2.03. The lowest BCUT2D eigenvalue weighted by molar-refractivity contribution is 0.0697. The van der Waals surface area contributed by atoms with E-state index in [0.29, 0.717) is 5.56 Å². The summed E-state index contributed by atoms with van der Waals surface area (Å²) < 4.78 is 1.08. The minimum atomic E-state index is -0.889. The number of hydrogen-bond acceptors (Lipinski definition) is 2. The molecule has 0 aliphatic rings. The molecule has 2 aromatic rings. The van der Waals surface area contributed by atoms with Crippen LogP contribution in [0.25, 0.3) is 0 Å². The molecule has 18 heavy (non-hydrogen) atoms. The van der Waals surface area contributed by atoms with Crippen molar-refractivity contribution in [2.24, 2.45) is 0 Å². The molecule has 92 valence electrons. The molecule has 0 amide bonds. The third-order valence-corrected chi connectivity index (χ3v) is 4.53. The minimum Gasteiger partial charge on any atom is -0.478 e. The van der Waals surface area contributed by atoms with Crippen LogP contribution in [0.1, 0.15) is 15.9 Å². The van der Waals surface area contributed by atoms with E-state index in [1.807, 2.05) is 30.3 Å². The largest absolute Gasteiger partial charge is 0.478 e. The molecule has 0 aliphatic carbocycles. The van der Waals surface area contributed by atoms with Gasteiger partial charge in [-0.25, -0.2) is 4.79 Å². The Balaban J connectivity index is 2.02. The number of aromatic carboxylic acids is 1. The number of hydrogen-bond donors (Lipinski definition) is 1. The molecule has 0 fully saturated rings. The first kappa shape index (κ1) is 13.2. The Morgan fingerprint density at radius 3 is 2.39 bits per heavy atom. The Morgan fingerprint density at radius 1 is 1.11 bits per heavy atom. The molecular formula is C14H11BrO2S. The van der Waals surface area contributed by atoms with Gasteiger partial charge in [-0.15, -0.1) is 11.8 Å². The summed E-state index contributed by atoms with van der Waals surface area (Å²) in [5, 5.41) is 8.81. The maximum absolute atomic E-state index is 10.7. The van der Waals surface area contributed by atoms with Gasteiger partial charge in [-0.05, 0) is 45.8 Å². The van der Waals surface area contributed by atoms with Crippen LogP contribution in [-0.2, 0) is 5.75 Å². The Labute approximate surface area is 118 Å². The average Bonchev–Trinajstić information content (AvgIpc) is 2.38. The van der Waals surface area contributed by atoms with Gasteiger partial charge < -0.3 is 5.11 Å². The number of carbonyl (C=O) groups is 1. The van der Waals surface area contributed by atoms with Crippen LogP contribution >= 0.6 is 27.7 Å². The van der Waals surface area contributed by atoms with Crippen LogP contribution in [0.5, 0.6) is 0 Å². The van der Waals surface area contributed by atoms with Crippen molar-refractivity contribution in [1.29, 1.82) is 0 Å². The summed E-state index contributed by atoms with van der Waals surface area (Å²) in [4.78, 5) is 11.9. The van der Waals surface area contributed by atoms with E-state index < -0.39 is 5.97 Å². The number of rotatable bonds is 4. The Bertz CT molecular complexity index is 552. The van der Waals surface area contributed by atoms with Crippen molar-refractivity contribution in [3.05, 3.63) is 64.1 Å². The Kier molecular flexibility index (Phi) is 4.44. The van der Waals surface area contributed by atoms with Gasteiger partial charge in [0.25, 0.3) is 0 Å². The molecule has 0 unspecified atom stereocenters. The van der Waals surface area contributed by atoms with Gasteiger partial charge >= 0.3 is 5.97 Å². The van der Waals surface area contributed by atoms with Gasteiger partial charge in [-0.1, -0.05) is 24.3 Å². The van der Waals surface area contributed by atoms with E-state index in [4.69, 9.17) is 5.11 Å². The van der Waals surface area contributed by atoms with Crippen LogP contribution in [0.4, 0.5) is 0 Å². The van der Waals surface area contributed by atoms with Crippen molar-refractivity contribution in [1.82, 2.24) is 0 Å². The average molecular weight is 323 g/mol. The number of thioether (sulfide) groups is 1. The second-order valence-corrected chi connectivity index (χ2v) is 5.59. The summed E-state index contributed by atoms with van der Waals surface area (Å²) >= 11 is 5.22. The quantitative estimate of drug-likeness (QED) is 0.845. The van der Waals surface area contributed by atoms with Gasteiger partial charge in [0.15, 0.2) is 0 Å². The fraction of sp³-hybridized carbons (Fsp3) is 0.0714. The summed E-state index contributed by atoms with van der Waals surface area (Å²) in [6.45, 7) is 0. The van der Waals surface area contributed by atoms with E-state index in [-0.39, 0.29) is 0 Å². The Morgan fingerprint density at radius 2 is 1.78 bits per heavy atom. The van der Waals surface area contributed by atoms with Crippen molar-refractivity contribution in [3.8, 4) is 0 Å². The van der Waals surface area contributed by atoms with Crippen LogP contribution in [0.2, 0.25) is 0 Å². The van der Waals surface area contributed by atoms with E-state index in [0.717, 1.165) is 15.8 Å². The fourth-order valence-corrected chi connectivity index (χ4v) is 2.99. The molecule has 1 N–H and O–H groups in total. The van der Waals surface area contributed by atoms with Crippen LogP contribution in [0.15, 0.2) is 57.9 Å². The molecule has 0 aliphatic heterocycles. The molecular weight excluding hydrogens is 312 g/mol. The first-order valence-electron chi connectivity index (χ1n) is 5.36. The molecule has 0 radical (unpaired) electrons. The highest BCUT2D eigenvalue weighted by molar-refractivity contribution is 9.10. The number of carboxylic acid groups (broad SMARTS) is 1. The predicted molar refractivity (Wildman–Crippen MR) is 77.1 cm³/mol. The maximum Gasteiger partial charge on any atom is 0.335 e. The number of carboxylic acids is 1. The van der Waals surface area contributed by atoms with Gasteiger partial charge in [-0.2, -0.15) is 0 Å². The van der Waals surface area contributed by atoms with Crippen molar-refractivity contribution in [2.75, 3.05) is 0 Å². The summed E-state index contributed by atoms with van der Waals surface area (Å²) in [6, 6.07) is 15.0. The Hall–Kier alpha value is -1.26. The first-order chi connectivity index (χ1) is 8.66. The zero-order valence-corrected chi connectivity index (χ0v) is 11.9. The van der Waals surface area contributed by atoms with E-state index >= 15 is 0 Å². The normalized spacial score (nSPS) is 10.3. The molecule has 0 spiro atoms. The second-order valence-electron chi connectivity index (χ2n) is 3.72. The molecule has 0 heterocycles. The lowest BCUT2D eigenvalue weighted by Crippen LogP contribution is -1.95. The molecule has 0 atom stereocenters. The highest BCUT2D eigenvalue weighted by atomic mass is 79.9. The van der Waals surface area contributed by atoms with Crippen LogP contribution < -0.4 is 0 Å². The molecule has 4 heteroatoms. The molecule has 0 bridgehead atoms. The first-order valence-corrected chi connectivity index (χ1v) is 7.14. The van der Waals surface area contributed by atoms with Gasteiger partial charge in [0.05, 0.1) is 5.56 Å². The third kappa shape index (κ3) is 3.37. The van der Waals surface area contributed by atoms with E-state index in [9.17, 15) is 4.79 Å². The van der Waals surface area contributed by atoms with E-state index in [2.05, 4.69) is 22.0 Å². The van der Waals surface area contributed by atoms with Crippen LogP contribution in [0, 0.1) is 0 Å². The van der Waals surface area contributed by atoms with E-state index in [1.165, 1.54) is 4.90 Å². The molecule has 2 nitrogen and oxygen atoms in total. The zero-order chi connectivity index (χ0) is 13.0. The summed E-state index contributed by atoms with van der Waals surface area (Å²) in [7, 11) is 0. The van der Waals surface area contributed by atoms with E-state index in [1.54, 1.807) is 23.9 Å². The predicted octanol–water partition coefficient (Wildman–Crippen LogP) is 4.44. The van der Waals surface area contributed by atoms with Gasteiger partial charge in [0.1, 0.15) is 0 Å². The summed E-state index contributed by atoms with van der Waals surface area (Å²) in [6.07, 6.45) is 0. The molecule has 0 aromatic heterocycles. The van der Waals surface area contributed by atoms with Crippen molar-refractivity contribution in [3.63, 3.8) is 0 Å². The van der Waals surface area contributed by atoms with Crippen molar-refractivity contribution in [2.45, 2.75) is 10.6 Å². The lowest BCUT2D eigenvalue weighted by Gasteiger charge is -2.04. The SMILES string of the molecule is O=C(O)c1ccc(CSc2ccccc2Br)cc1. The molecule has 2 aromatic carbocycles. The molecule has 0 saturated carbocycles. The summed E-state index contributed by atoms with van der Waals surface area (Å²) in [5.74, 6) is -0.0669. The molecule has 2 rings (SSSR count). The van der Waals surface area contributed by atoms with Crippen molar-refractivity contribution >= 4 is 33.7 Å². The van der Waals surface area contributed by atoms with Crippen LogP contribution in [-0.4, -0.2) is 11.1 Å². The topological polar surface area (TPSA) is 37.3 Å². The van der Waals surface area contributed by atoms with Gasteiger partial charge in [0, 0.05) is 15.1 Å². The maximum atomic E-state index is 10.7. The lowest BCUT2D eigenvalue weighted by atomic mass is 10.1. The monoisotopic (exact) mass is 322 g/mol. The third-order valence-electron chi connectivity index (χ3n) is 2.43. The fourth-order valence-electron chi connectivity index (χ4n) is 1.47. The van der Waals surface area contributed by atoms with Crippen molar-refractivity contribution < 1.29 is 9.90 Å². The second kappa shape index (κ2) is 6.07. The zero-order valence-electron chi connectivity index (χ0n) is 9.47. The number of halogens is 1. The summed E-state index contributed by atoms with van der Waals surface area (Å²) in [5.41, 5.74) is 1.44. The van der Waals surface area contributed by atoms with Gasteiger partial charge in [0.2, 0.25) is 0 Å². The van der Waals surface area contributed by atoms with Gasteiger partial charge in [-0.3, -0.25) is 0 Å². The minimum absolute atomic E-state index is 0.324. The highest BCUT2D eigenvalue weighted by Crippen LogP contribution is 2.29. The van der Waals surface area contributed by atoms with Crippen LogP contribution in [0.3, 0.4) is 0 Å². The number of benzene rings is 2. The standard InChI is InChI=1S/C14H11BrO2S/c15-12-3-1-2-4-13(12)18-9-10-5-7-11(8-6-10)14(16)17/h1-8H,9H2,(H,16,17).